The highest BCUT2D eigenvalue weighted by Gasteiger charge is 2.32. The second kappa shape index (κ2) is 4.37. The predicted molar refractivity (Wildman–Crippen MR) is 58.9 cm³/mol. The van der Waals surface area contributed by atoms with Crippen LogP contribution in [0.25, 0.3) is 0 Å². The molecule has 1 aromatic carbocycles. The van der Waals surface area contributed by atoms with Gasteiger partial charge in [0.25, 0.3) is 0 Å². The van der Waals surface area contributed by atoms with Crippen molar-refractivity contribution in [1.82, 2.24) is 0 Å². The third kappa shape index (κ3) is 1.89. The van der Waals surface area contributed by atoms with Gasteiger partial charge in [-0.15, -0.1) is 0 Å². The standard InChI is InChI=1S/C13H14O3/c1-2-5-10(6-3-1)13-15-9-12-11(16-13)7-4-8-14-12/h1-7,11-13H,8-9H2. The van der Waals surface area contributed by atoms with E-state index in [-0.39, 0.29) is 18.5 Å². The van der Waals surface area contributed by atoms with Crippen LogP contribution in [-0.2, 0) is 14.2 Å². The minimum atomic E-state index is -0.270. The molecule has 0 spiro atoms. The Balaban J connectivity index is 1.75. The van der Waals surface area contributed by atoms with E-state index in [1.807, 2.05) is 36.4 Å². The second-order valence-corrected chi connectivity index (χ2v) is 3.98. The molecule has 2 aliphatic rings. The third-order valence-electron chi connectivity index (χ3n) is 2.86. The lowest BCUT2D eigenvalue weighted by molar-refractivity contribution is -0.254. The lowest BCUT2D eigenvalue weighted by atomic mass is 10.1. The molecule has 3 atom stereocenters. The quantitative estimate of drug-likeness (QED) is 0.675. The highest BCUT2D eigenvalue weighted by Crippen LogP contribution is 2.29. The van der Waals surface area contributed by atoms with Crippen LogP contribution < -0.4 is 0 Å². The van der Waals surface area contributed by atoms with Crippen LogP contribution in [0.5, 0.6) is 0 Å². The van der Waals surface area contributed by atoms with E-state index in [1.54, 1.807) is 0 Å². The Hall–Kier alpha value is -1.16. The predicted octanol–water partition coefficient (Wildman–Crippen LogP) is 2.06. The monoisotopic (exact) mass is 218 g/mol. The van der Waals surface area contributed by atoms with E-state index >= 15 is 0 Å². The van der Waals surface area contributed by atoms with E-state index < -0.39 is 0 Å². The summed E-state index contributed by atoms with van der Waals surface area (Å²) in [6, 6.07) is 9.98. The highest BCUT2D eigenvalue weighted by molar-refractivity contribution is 5.17. The van der Waals surface area contributed by atoms with Gasteiger partial charge in [0, 0.05) is 5.56 Å². The first kappa shape index (κ1) is 10.0. The molecule has 3 nitrogen and oxygen atoms in total. The largest absolute Gasteiger partial charge is 0.369 e. The SMILES string of the molecule is C1=CC2OC(c3ccccc3)OCC2OC1. The van der Waals surface area contributed by atoms with Crippen molar-refractivity contribution in [3.8, 4) is 0 Å². The van der Waals surface area contributed by atoms with E-state index in [9.17, 15) is 0 Å². The van der Waals surface area contributed by atoms with Crippen molar-refractivity contribution in [3.63, 3.8) is 0 Å². The molecule has 3 rings (SSSR count). The summed E-state index contributed by atoms with van der Waals surface area (Å²) in [7, 11) is 0. The summed E-state index contributed by atoms with van der Waals surface area (Å²) in [6.07, 6.45) is 3.85. The first-order chi connectivity index (χ1) is 7.93. The molecule has 2 aliphatic heterocycles. The summed E-state index contributed by atoms with van der Waals surface area (Å²) >= 11 is 0. The van der Waals surface area contributed by atoms with Crippen molar-refractivity contribution in [1.29, 1.82) is 0 Å². The Labute approximate surface area is 94.6 Å². The molecule has 0 N–H and O–H groups in total. The number of hydrogen-bond acceptors (Lipinski definition) is 3. The van der Waals surface area contributed by atoms with Gasteiger partial charge >= 0.3 is 0 Å². The number of fused-ring (bicyclic) bond motifs is 1. The van der Waals surface area contributed by atoms with Crippen LogP contribution in [0, 0.1) is 0 Å². The van der Waals surface area contributed by atoms with E-state index in [0.717, 1.165) is 5.56 Å². The van der Waals surface area contributed by atoms with Gasteiger partial charge in [0.2, 0.25) is 0 Å². The van der Waals surface area contributed by atoms with Crippen LogP contribution in [0.3, 0.4) is 0 Å². The average molecular weight is 218 g/mol. The van der Waals surface area contributed by atoms with Crippen LogP contribution in [0.4, 0.5) is 0 Å². The van der Waals surface area contributed by atoms with Gasteiger partial charge in [-0.2, -0.15) is 0 Å². The van der Waals surface area contributed by atoms with Gasteiger partial charge in [-0.05, 0) is 0 Å². The first-order valence-corrected chi connectivity index (χ1v) is 5.54. The third-order valence-corrected chi connectivity index (χ3v) is 2.86. The molecule has 0 aromatic heterocycles. The van der Waals surface area contributed by atoms with Crippen molar-refractivity contribution in [2.24, 2.45) is 0 Å². The van der Waals surface area contributed by atoms with Gasteiger partial charge in [0.1, 0.15) is 12.2 Å². The van der Waals surface area contributed by atoms with Gasteiger partial charge in [-0.3, -0.25) is 0 Å². The van der Waals surface area contributed by atoms with E-state index in [2.05, 4.69) is 6.08 Å². The number of benzene rings is 1. The Kier molecular flexibility index (Phi) is 2.74. The molecule has 0 saturated carbocycles. The van der Waals surface area contributed by atoms with Crippen molar-refractivity contribution in [3.05, 3.63) is 48.0 Å². The smallest absolute Gasteiger partial charge is 0.184 e. The fourth-order valence-corrected chi connectivity index (χ4v) is 2.01. The zero-order valence-corrected chi connectivity index (χ0v) is 8.91. The molecule has 1 fully saturated rings. The Morgan fingerprint density at radius 3 is 2.81 bits per heavy atom. The van der Waals surface area contributed by atoms with Crippen LogP contribution in [0.15, 0.2) is 42.5 Å². The van der Waals surface area contributed by atoms with Gasteiger partial charge in [-0.25, -0.2) is 0 Å². The van der Waals surface area contributed by atoms with Crippen molar-refractivity contribution in [2.45, 2.75) is 18.5 Å². The maximum atomic E-state index is 5.84. The molecule has 1 aromatic rings. The fourth-order valence-electron chi connectivity index (χ4n) is 2.01. The fraction of sp³-hybridized carbons (Fsp3) is 0.385. The normalized spacial score (nSPS) is 33.4. The maximum absolute atomic E-state index is 5.84. The van der Waals surface area contributed by atoms with Gasteiger partial charge in [0.15, 0.2) is 6.29 Å². The first-order valence-electron chi connectivity index (χ1n) is 5.54. The van der Waals surface area contributed by atoms with Crippen molar-refractivity contribution < 1.29 is 14.2 Å². The summed E-state index contributed by atoms with van der Waals surface area (Å²) in [5.41, 5.74) is 1.06. The van der Waals surface area contributed by atoms with Crippen molar-refractivity contribution >= 4 is 0 Å². The molecule has 0 aliphatic carbocycles. The molecule has 1 saturated heterocycles. The molecule has 0 amide bonds. The lowest BCUT2D eigenvalue weighted by Crippen LogP contribution is -2.42. The van der Waals surface area contributed by atoms with E-state index in [1.165, 1.54) is 0 Å². The van der Waals surface area contributed by atoms with Crippen LogP contribution in [0.2, 0.25) is 0 Å². The minimum absolute atomic E-state index is 0.0210. The summed E-state index contributed by atoms with van der Waals surface area (Å²) in [6.45, 7) is 1.25. The lowest BCUT2D eigenvalue weighted by Gasteiger charge is -2.36. The zero-order valence-electron chi connectivity index (χ0n) is 8.91. The molecule has 0 radical (unpaired) electrons. The molecular formula is C13H14O3. The summed E-state index contributed by atoms with van der Waals surface area (Å²) in [4.78, 5) is 0. The van der Waals surface area contributed by atoms with Gasteiger partial charge < -0.3 is 14.2 Å². The van der Waals surface area contributed by atoms with Gasteiger partial charge in [0.05, 0.1) is 13.2 Å². The van der Waals surface area contributed by atoms with Gasteiger partial charge in [-0.1, -0.05) is 42.5 Å². The van der Waals surface area contributed by atoms with Crippen LogP contribution in [-0.4, -0.2) is 25.4 Å². The van der Waals surface area contributed by atoms with Crippen LogP contribution in [0.1, 0.15) is 11.9 Å². The Morgan fingerprint density at radius 2 is 1.94 bits per heavy atom. The molecule has 16 heavy (non-hydrogen) atoms. The topological polar surface area (TPSA) is 27.7 Å². The van der Waals surface area contributed by atoms with Crippen LogP contribution >= 0.6 is 0 Å². The minimum Gasteiger partial charge on any atom is -0.369 e. The molecule has 3 unspecified atom stereocenters. The maximum Gasteiger partial charge on any atom is 0.184 e. The summed E-state index contributed by atoms with van der Waals surface area (Å²) in [5, 5.41) is 0. The molecule has 84 valence electrons. The molecule has 2 heterocycles. The summed E-state index contributed by atoms with van der Waals surface area (Å²) < 4.78 is 17.0. The molecular weight excluding hydrogens is 204 g/mol. The average Bonchev–Trinajstić information content (AvgIpc) is 2.39. The number of hydrogen-bond donors (Lipinski definition) is 0. The highest BCUT2D eigenvalue weighted by atomic mass is 16.7. The second-order valence-electron chi connectivity index (χ2n) is 3.98. The Morgan fingerprint density at radius 1 is 1.06 bits per heavy atom. The van der Waals surface area contributed by atoms with E-state index in [0.29, 0.717) is 13.2 Å². The Bertz CT molecular complexity index is 374. The molecule has 0 bridgehead atoms. The van der Waals surface area contributed by atoms with E-state index in [4.69, 9.17) is 14.2 Å². The number of rotatable bonds is 1. The van der Waals surface area contributed by atoms with Crippen molar-refractivity contribution in [2.75, 3.05) is 13.2 Å². The summed E-state index contributed by atoms with van der Waals surface area (Å²) in [5.74, 6) is 0. The molecule has 3 heteroatoms. The zero-order chi connectivity index (χ0) is 10.8. The number of ether oxygens (including phenoxy) is 3.